The van der Waals surface area contributed by atoms with Crippen LogP contribution in [0.2, 0.25) is 0 Å². The largest absolute Gasteiger partial charge is 0.382 e. The van der Waals surface area contributed by atoms with Crippen LogP contribution in [0.15, 0.2) is 75.8 Å². The second-order valence-electron chi connectivity index (χ2n) is 9.17. The molecule has 2 aromatic heterocycles. The minimum absolute atomic E-state index is 0.429. The van der Waals surface area contributed by atoms with Gasteiger partial charge in [-0.05, 0) is 59.1 Å². The van der Waals surface area contributed by atoms with Gasteiger partial charge < -0.3 is 20.3 Å². The molecule has 0 aromatic carbocycles. The summed E-state index contributed by atoms with van der Waals surface area (Å²) in [6.45, 7) is 12.0. The number of anilines is 2. The van der Waals surface area contributed by atoms with Crippen molar-refractivity contribution in [3.05, 3.63) is 76.3 Å². The molecular formula is C28H36BrN7O. The summed E-state index contributed by atoms with van der Waals surface area (Å²) in [7, 11) is 0. The lowest BCUT2D eigenvalue weighted by atomic mass is 10.2. The molecule has 2 aliphatic rings. The molecule has 37 heavy (non-hydrogen) atoms. The number of piperazine rings is 1. The van der Waals surface area contributed by atoms with E-state index in [0.29, 0.717) is 11.5 Å². The minimum atomic E-state index is 0.429. The summed E-state index contributed by atoms with van der Waals surface area (Å²) >= 11 is 3.70. The summed E-state index contributed by atoms with van der Waals surface area (Å²) in [6.07, 6.45) is 15.8. The summed E-state index contributed by atoms with van der Waals surface area (Å²) < 4.78 is 6.40. The highest BCUT2D eigenvalue weighted by Crippen LogP contribution is 2.39. The number of nitrogens with zero attached hydrogens (tertiary/aromatic N) is 6. The van der Waals surface area contributed by atoms with E-state index in [2.05, 4.69) is 71.0 Å². The fraction of sp³-hybridized carbons (Fsp3) is 0.393. The number of morpholine rings is 1. The van der Waals surface area contributed by atoms with Crippen LogP contribution >= 0.6 is 15.9 Å². The van der Waals surface area contributed by atoms with Crippen LogP contribution in [0.3, 0.4) is 0 Å². The monoisotopic (exact) mass is 565 g/mol. The van der Waals surface area contributed by atoms with Gasteiger partial charge in [-0.15, -0.1) is 0 Å². The fourth-order valence-electron chi connectivity index (χ4n) is 4.48. The Morgan fingerprint density at radius 3 is 2.62 bits per heavy atom. The van der Waals surface area contributed by atoms with Gasteiger partial charge in [0.05, 0.1) is 23.4 Å². The van der Waals surface area contributed by atoms with Gasteiger partial charge in [0.2, 0.25) is 0 Å². The van der Waals surface area contributed by atoms with Crippen molar-refractivity contribution in [3.63, 3.8) is 0 Å². The van der Waals surface area contributed by atoms with Gasteiger partial charge in [0.1, 0.15) is 5.69 Å². The first-order chi connectivity index (χ1) is 18.0. The van der Waals surface area contributed by atoms with Gasteiger partial charge in [-0.25, -0.2) is 4.98 Å². The first-order valence-electron chi connectivity index (χ1n) is 12.7. The Bertz CT molecular complexity index is 1150. The van der Waals surface area contributed by atoms with Crippen molar-refractivity contribution in [1.82, 2.24) is 19.8 Å². The van der Waals surface area contributed by atoms with Crippen molar-refractivity contribution in [1.29, 1.82) is 0 Å². The lowest BCUT2D eigenvalue weighted by molar-refractivity contribution is 0.0554. The molecule has 2 saturated heterocycles. The first kappa shape index (κ1) is 27.0. The molecule has 0 spiro atoms. The number of allylic oxidation sites excluding steroid dienone is 5. The molecule has 4 heterocycles. The van der Waals surface area contributed by atoms with Crippen LogP contribution < -0.4 is 10.6 Å². The number of pyridine rings is 2. The maximum Gasteiger partial charge on any atom is 0.151 e. The van der Waals surface area contributed by atoms with E-state index >= 15 is 0 Å². The fourth-order valence-corrected chi connectivity index (χ4v) is 5.02. The van der Waals surface area contributed by atoms with Crippen LogP contribution in [-0.4, -0.2) is 78.5 Å². The Kier molecular flexibility index (Phi) is 9.87. The SMILES string of the molecule is C\C=C/C(=C\C=C(/C)C=Nc1c(N)ncc(Br)c1N1CCN(Cc2cccnc2)CC1)N1CCOCC1. The van der Waals surface area contributed by atoms with Gasteiger partial charge in [-0.3, -0.25) is 14.9 Å². The highest BCUT2D eigenvalue weighted by molar-refractivity contribution is 9.10. The van der Waals surface area contributed by atoms with E-state index in [4.69, 9.17) is 15.5 Å². The molecule has 9 heteroatoms. The van der Waals surface area contributed by atoms with Gasteiger partial charge in [-0.2, -0.15) is 0 Å². The summed E-state index contributed by atoms with van der Waals surface area (Å²) in [4.78, 5) is 20.5. The lowest BCUT2D eigenvalue weighted by Crippen LogP contribution is -2.46. The number of ether oxygens (including phenoxy) is 1. The predicted octanol–water partition coefficient (Wildman–Crippen LogP) is 4.58. The Morgan fingerprint density at radius 1 is 1.14 bits per heavy atom. The van der Waals surface area contributed by atoms with Gasteiger partial charge in [0.15, 0.2) is 5.82 Å². The van der Waals surface area contributed by atoms with Gasteiger partial charge in [-0.1, -0.05) is 18.2 Å². The Balaban J connectivity index is 1.47. The Labute approximate surface area is 228 Å². The zero-order chi connectivity index (χ0) is 26.0. The summed E-state index contributed by atoms with van der Waals surface area (Å²) in [6, 6.07) is 4.11. The zero-order valence-electron chi connectivity index (χ0n) is 21.7. The molecule has 2 aliphatic heterocycles. The van der Waals surface area contributed by atoms with Gasteiger partial charge >= 0.3 is 0 Å². The van der Waals surface area contributed by atoms with Crippen LogP contribution in [0.1, 0.15) is 19.4 Å². The van der Waals surface area contributed by atoms with Crippen molar-refractivity contribution in [2.45, 2.75) is 20.4 Å². The van der Waals surface area contributed by atoms with Crippen molar-refractivity contribution in [2.24, 2.45) is 4.99 Å². The average molecular weight is 567 g/mol. The molecule has 0 aliphatic carbocycles. The minimum Gasteiger partial charge on any atom is -0.382 e. The van der Waals surface area contributed by atoms with Crippen LogP contribution in [0, 0.1) is 0 Å². The molecule has 196 valence electrons. The molecule has 2 aromatic rings. The number of nitrogen functional groups attached to an aromatic ring is 1. The third-order valence-electron chi connectivity index (χ3n) is 6.46. The van der Waals surface area contributed by atoms with Crippen LogP contribution in [0.4, 0.5) is 17.2 Å². The smallest absolute Gasteiger partial charge is 0.151 e. The van der Waals surface area contributed by atoms with Crippen molar-refractivity contribution < 1.29 is 4.74 Å². The third kappa shape index (κ3) is 7.50. The molecule has 0 atom stereocenters. The van der Waals surface area contributed by atoms with Gasteiger partial charge in [0.25, 0.3) is 0 Å². The summed E-state index contributed by atoms with van der Waals surface area (Å²) in [5.74, 6) is 0.429. The van der Waals surface area contributed by atoms with Crippen LogP contribution in [-0.2, 0) is 11.3 Å². The molecule has 0 saturated carbocycles. The van der Waals surface area contributed by atoms with Crippen molar-refractivity contribution in [3.8, 4) is 0 Å². The lowest BCUT2D eigenvalue weighted by Gasteiger charge is -2.37. The Morgan fingerprint density at radius 2 is 1.92 bits per heavy atom. The molecular weight excluding hydrogens is 530 g/mol. The molecule has 0 bridgehead atoms. The van der Waals surface area contributed by atoms with Crippen molar-refractivity contribution in [2.75, 3.05) is 63.1 Å². The summed E-state index contributed by atoms with van der Waals surface area (Å²) in [5, 5.41) is 0. The second kappa shape index (κ2) is 13.5. The number of hydrogen-bond donors (Lipinski definition) is 1. The highest BCUT2D eigenvalue weighted by atomic mass is 79.9. The molecule has 8 nitrogen and oxygen atoms in total. The summed E-state index contributed by atoms with van der Waals surface area (Å²) in [5.41, 5.74) is 11.5. The highest BCUT2D eigenvalue weighted by Gasteiger charge is 2.23. The second-order valence-corrected chi connectivity index (χ2v) is 10.0. The van der Waals surface area contributed by atoms with E-state index in [9.17, 15) is 0 Å². The van der Waals surface area contributed by atoms with E-state index in [-0.39, 0.29) is 0 Å². The number of halogens is 1. The molecule has 0 radical (unpaired) electrons. The predicted molar refractivity (Wildman–Crippen MR) is 155 cm³/mol. The number of rotatable bonds is 8. The molecule has 2 fully saturated rings. The first-order valence-corrected chi connectivity index (χ1v) is 13.5. The average Bonchev–Trinajstić information content (AvgIpc) is 2.93. The Hall–Kier alpha value is -3.01. The van der Waals surface area contributed by atoms with E-state index < -0.39 is 0 Å². The van der Waals surface area contributed by atoms with E-state index in [1.54, 1.807) is 6.20 Å². The van der Waals surface area contributed by atoms with E-state index in [1.165, 1.54) is 11.3 Å². The van der Waals surface area contributed by atoms with Gasteiger partial charge in [0, 0.05) is 76.3 Å². The zero-order valence-corrected chi connectivity index (χ0v) is 23.3. The van der Waals surface area contributed by atoms with E-state index in [0.717, 1.165) is 74.8 Å². The number of aromatic nitrogens is 2. The number of nitrogens with two attached hydrogens (primary N) is 1. The third-order valence-corrected chi connectivity index (χ3v) is 7.04. The maximum atomic E-state index is 6.32. The van der Waals surface area contributed by atoms with Crippen molar-refractivity contribution >= 4 is 39.3 Å². The number of hydrogen-bond acceptors (Lipinski definition) is 8. The normalized spacial score (nSPS) is 18.4. The maximum absolute atomic E-state index is 6.32. The number of aliphatic imine (C=N–C) groups is 1. The molecule has 4 rings (SSSR count). The molecule has 0 amide bonds. The topological polar surface area (TPSA) is 83.1 Å². The van der Waals surface area contributed by atoms with Crippen LogP contribution in [0.5, 0.6) is 0 Å². The van der Waals surface area contributed by atoms with Crippen LogP contribution in [0.25, 0.3) is 0 Å². The van der Waals surface area contributed by atoms with E-state index in [1.807, 2.05) is 38.5 Å². The quantitative estimate of drug-likeness (QED) is 0.370. The standard InChI is InChI=1S/C28H36BrN7O/c1-3-5-24(35-14-16-37-17-15-35)8-7-22(2)18-32-26-27(25(29)20-33-28(26)30)36-12-10-34(11-13-36)21-23-6-4-9-31-19-23/h3-9,18-20H,10-17,21H2,1-2H3,(H2,30,33)/b5-3-,22-7+,24-8+,32-18?. The molecule has 2 N–H and O–H groups in total. The molecule has 0 unspecified atom stereocenters.